The molecule has 3 amide bonds. The first-order chi connectivity index (χ1) is 21.7. The van der Waals surface area contributed by atoms with Gasteiger partial charge in [0.15, 0.2) is 0 Å². The molecule has 0 bridgehead atoms. The molecule has 0 aliphatic carbocycles. The van der Waals surface area contributed by atoms with Gasteiger partial charge in [0, 0.05) is 24.7 Å². The minimum Gasteiger partial charge on any atom is -0.341 e. The van der Waals surface area contributed by atoms with Gasteiger partial charge in [-0.05, 0) is 69.5 Å². The number of H-pyrrole nitrogens is 1. The molecule has 45 heavy (non-hydrogen) atoms. The molecule has 4 atom stereocenters. The number of aromatic amines is 1. The van der Waals surface area contributed by atoms with Gasteiger partial charge in [-0.3, -0.25) is 14.4 Å². The van der Waals surface area contributed by atoms with E-state index in [-0.39, 0.29) is 48.6 Å². The maximum atomic E-state index is 14.4. The lowest BCUT2D eigenvalue weighted by Gasteiger charge is -2.39. The summed E-state index contributed by atoms with van der Waals surface area (Å²) in [6.07, 6.45) is 2.17. The molecule has 0 spiro atoms. The van der Waals surface area contributed by atoms with E-state index in [1.807, 2.05) is 17.0 Å². The van der Waals surface area contributed by atoms with Crippen LogP contribution in [0, 0.1) is 12.7 Å². The van der Waals surface area contributed by atoms with Gasteiger partial charge in [-0.15, -0.1) is 0 Å². The summed E-state index contributed by atoms with van der Waals surface area (Å²) in [4.78, 5) is 53.0. The van der Waals surface area contributed by atoms with E-state index in [0.717, 1.165) is 34.4 Å². The summed E-state index contributed by atoms with van der Waals surface area (Å²) >= 11 is 0. The van der Waals surface area contributed by atoms with E-state index >= 15 is 0 Å². The van der Waals surface area contributed by atoms with Crippen LogP contribution < -0.4 is 10.6 Å². The summed E-state index contributed by atoms with van der Waals surface area (Å²) < 4.78 is 13.4. The number of nitrogens with zero attached hydrogens (tertiary/aromatic N) is 3. The first kappa shape index (κ1) is 30.5. The monoisotopic (exact) mass is 610 g/mol. The van der Waals surface area contributed by atoms with Crippen molar-refractivity contribution in [3.05, 3.63) is 89.5 Å². The quantitative estimate of drug-likeness (QED) is 0.290. The van der Waals surface area contributed by atoms with Gasteiger partial charge >= 0.3 is 0 Å². The lowest BCUT2D eigenvalue weighted by Crippen LogP contribution is -2.60. The molecule has 0 unspecified atom stereocenters. The Balaban J connectivity index is 1.29. The number of aryl methyl sites for hydroxylation is 1. The summed E-state index contributed by atoms with van der Waals surface area (Å²) in [5.41, 5.74) is 5.72. The number of aromatic nitrogens is 2. The largest absolute Gasteiger partial charge is 0.341 e. The normalized spacial score (nSPS) is 20.9. The van der Waals surface area contributed by atoms with E-state index in [1.54, 1.807) is 31.0 Å². The van der Waals surface area contributed by atoms with Crippen LogP contribution in [0.1, 0.15) is 49.2 Å². The SMILES string of the molecule is CN[C@@H](C)C(=O)N[C@H]1CN(C(=O)Cc2ccc(F)cc2)CC[C@H]2CC[C@@H](c3nc4c(-c5ccc(C)cc5)cccc4[nH]3)N2C1=O. The fraction of sp³-hybridized carbons (Fsp3) is 0.371. The number of nitrogens with one attached hydrogen (secondary N) is 3. The Kier molecular flexibility index (Phi) is 8.67. The van der Waals surface area contributed by atoms with Gasteiger partial charge in [0.25, 0.3) is 0 Å². The number of carbonyl (C=O) groups is 3. The Morgan fingerprint density at radius 3 is 2.53 bits per heavy atom. The minimum atomic E-state index is -0.929. The molecule has 3 aromatic carbocycles. The lowest BCUT2D eigenvalue weighted by atomic mass is 10.0. The van der Waals surface area contributed by atoms with Crippen molar-refractivity contribution in [2.24, 2.45) is 0 Å². The molecule has 6 rings (SSSR count). The number of hydrogen-bond acceptors (Lipinski definition) is 5. The van der Waals surface area contributed by atoms with Gasteiger partial charge in [-0.2, -0.15) is 0 Å². The smallest absolute Gasteiger partial charge is 0.247 e. The summed E-state index contributed by atoms with van der Waals surface area (Å²) in [7, 11) is 1.68. The molecule has 9 nitrogen and oxygen atoms in total. The highest BCUT2D eigenvalue weighted by atomic mass is 19.1. The third-order valence-corrected chi connectivity index (χ3v) is 9.16. The molecule has 0 saturated carbocycles. The van der Waals surface area contributed by atoms with Crippen molar-refractivity contribution in [2.45, 2.75) is 63.7 Å². The van der Waals surface area contributed by atoms with Crippen molar-refractivity contribution in [2.75, 3.05) is 20.1 Å². The van der Waals surface area contributed by atoms with Crippen LogP contribution in [0.5, 0.6) is 0 Å². The molecule has 234 valence electrons. The fourth-order valence-electron chi connectivity index (χ4n) is 6.47. The number of carbonyl (C=O) groups excluding carboxylic acids is 3. The Morgan fingerprint density at radius 2 is 1.80 bits per heavy atom. The maximum absolute atomic E-state index is 14.4. The molecule has 2 saturated heterocycles. The Morgan fingerprint density at radius 1 is 1.04 bits per heavy atom. The van der Waals surface area contributed by atoms with E-state index in [4.69, 9.17) is 4.98 Å². The second-order valence-corrected chi connectivity index (χ2v) is 12.2. The number of benzene rings is 3. The van der Waals surface area contributed by atoms with Crippen molar-refractivity contribution in [3.8, 4) is 11.1 Å². The van der Waals surface area contributed by atoms with E-state index in [2.05, 4.69) is 52.9 Å². The summed E-state index contributed by atoms with van der Waals surface area (Å²) in [5, 5.41) is 5.85. The van der Waals surface area contributed by atoms with Crippen LogP contribution >= 0.6 is 0 Å². The molecular formula is C35H39FN6O3. The zero-order valence-electron chi connectivity index (χ0n) is 25.8. The molecule has 3 N–H and O–H groups in total. The topological polar surface area (TPSA) is 110 Å². The third kappa shape index (κ3) is 6.33. The number of likely N-dealkylation sites (N-methyl/N-ethyl adjacent to an activating group) is 1. The zero-order chi connectivity index (χ0) is 31.7. The number of amides is 3. The highest BCUT2D eigenvalue weighted by Crippen LogP contribution is 2.39. The molecule has 2 aliphatic heterocycles. The summed E-state index contributed by atoms with van der Waals surface area (Å²) in [5.74, 6) is -0.354. The molecule has 0 radical (unpaired) electrons. The first-order valence-corrected chi connectivity index (χ1v) is 15.6. The van der Waals surface area contributed by atoms with Gasteiger partial charge < -0.3 is 25.4 Å². The summed E-state index contributed by atoms with van der Waals surface area (Å²) in [6.45, 7) is 4.27. The summed E-state index contributed by atoms with van der Waals surface area (Å²) in [6, 6.07) is 18.4. The highest BCUT2D eigenvalue weighted by molar-refractivity contribution is 5.93. The number of fused-ring (bicyclic) bond motifs is 2. The van der Waals surface area contributed by atoms with Crippen molar-refractivity contribution in [3.63, 3.8) is 0 Å². The molecule has 3 heterocycles. The maximum Gasteiger partial charge on any atom is 0.247 e. The number of rotatable bonds is 7. The van der Waals surface area contributed by atoms with Gasteiger partial charge in [0.1, 0.15) is 17.7 Å². The molecule has 4 aromatic rings. The first-order valence-electron chi connectivity index (χ1n) is 15.6. The molecule has 10 heteroatoms. The van der Waals surface area contributed by atoms with Crippen LogP contribution in [0.4, 0.5) is 4.39 Å². The van der Waals surface area contributed by atoms with Gasteiger partial charge in [0.05, 0.1) is 29.5 Å². The van der Waals surface area contributed by atoms with E-state index < -0.39 is 12.1 Å². The molecule has 2 aliphatic rings. The van der Waals surface area contributed by atoms with Gasteiger partial charge in [-0.25, -0.2) is 9.37 Å². The van der Waals surface area contributed by atoms with Crippen molar-refractivity contribution in [1.29, 1.82) is 0 Å². The Labute approximate surface area is 262 Å². The van der Waals surface area contributed by atoms with Crippen LogP contribution in [-0.2, 0) is 20.8 Å². The number of imidazole rings is 1. The lowest BCUT2D eigenvalue weighted by molar-refractivity contribution is -0.143. The molecule has 1 aromatic heterocycles. The van der Waals surface area contributed by atoms with Crippen molar-refractivity contribution < 1.29 is 18.8 Å². The average molecular weight is 611 g/mol. The van der Waals surface area contributed by atoms with Crippen LogP contribution in [0.2, 0.25) is 0 Å². The second kappa shape index (κ2) is 12.8. The Bertz CT molecular complexity index is 1700. The minimum absolute atomic E-state index is 0.0503. The molecular weight excluding hydrogens is 571 g/mol. The Hall–Kier alpha value is -4.57. The van der Waals surface area contributed by atoms with Crippen molar-refractivity contribution >= 4 is 28.8 Å². The van der Waals surface area contributed by atoms with Crippen LogP contribution in [0.25, 0.3) is 22.2 Å². The van der Waals surface area contributed by atoms with E-state index in [1.165, 1.54) is 17.7 Å². The number of hydrogen-bond donors (Lipinski definition) is 3. The standard InChI is InChI=1S/C35H39FN6O3/c1-21-7-11-24(12-8-21)27-5-4-6-28-32(27)40-33(38-28)30-16-15-26-17-18-41(31(43)19-23-9-13-25(36)14-10-23)20-29(35(45)42(26)30)39-34(44)22(2)37-3/h4-14,22,26,29-30,37H,15-20H2,1-3H3,(H,38,40)(H,39,44)/t22-,26+,29-,30-/m0/s1. The fourth-order valence-corrected chi connectivity index (χ4v) is 6.47. The predicted octanol–water partition coefficient (Wildman–Crippen LogP) is 4.28. The zero-order valence-corrected chi connectivity index (χ0v) is 25.8. The van der Waals surface area contributed by atoms with Crippen LogP contribution in [-0.4, -0.2) is 75.8 Å². The van der Waals surface area contributed by atoms with Crippen LogP contribution in [0.3, 0.4) is 0 Å². The van der Waals surface area contributed by atoms with E-state index in [9.17, 15) is 18.8 Å². The third-order valence-electron chi connectivity index (χ3n) is 9.16. The van der Waals surface area contributed by atoms with Gasteiger partial charge in [-0.1, -0.05) is 54.1 Å². The number of halogens is 1. The van der Waals surface area contributed by atoms with Gasteiger partial charge in [0.2, 0.25) is 17.7 Å². The van der Waals surface area contributed by atoms with Crippen molar-refractivity contribution in [1.82, 2.24) is 30.4 Å². The average Bonchev–Trinajstić information content (AvgIpc) is 3.66. The van der Waals surface area contributed by atoms with Crippen LogP contribution in [0.15, 0.2) is 66.7 Å². The van der Waals surface area contributed by atoms with E-state index in [0.29, 0.717) is 24.9 Å². The second-order valence-electron chi connectivity index (χ2n) is 12.2. The highest BCUT2D eigenvalue weighted by Gasteiger charge is 2.44. The number of para-hydroxylation sites is 1. The predicted molar refractivity (Wildman–Crippen MR) is 171 cm³/mol. The molecule has 2 fully saturated rings.